The van der Waals surface area contributed by atoms with Gasteiger partial charge in [-0.1, -0.05) is 35.9 Å². The summed E-state index contributed by atoms with van der Waals surface area (Å²) in [7, 11) is 0. The summed E-state index contributed by atoms with van der Waals surface area (Å²) in [6.45, 7) is 7.34. The molecule has 1 amide bonds. The van der Waals surface area contributed by atoms with Gasteiger partial charge in [0.2, 0.25) is 5.69 Å². The van der Waals surface area contributed by atoms with Crippen LogP contribution in [-0.4, -0.2) is 26.3 Å². The van der Waals surface area contributed by atoms with Crippen LogP contribution in [0, 0.1) is 13.8 Å². The van der Waals surface area contributed by atoms with Crippen LogP contribution in [0.3, 0.4) is 0 Å². The van der Waals surface area contributed by atoms with E-state index >= 15 is 0 Å². The summed E-state index contributed by atoms with van der Waals surface area (Å²) in [4.78, 5) is 38.8. The summed E-state index contributed by atoms with van der Waals surface area (Å²) in [5, 5.41) is 7.20. The number of carbonyl (C=O) groups excluding carboxylic acids is 1. The summed E-state index contributed by atoms with van der Waals surface area (Å²) >= 11 is 6.23. The molecule has 3 rings (SSSR count). The Kier molecular flexibility index (Phi) is 6.22. The third-order valence-electron chi connectivity index (χ3n) is 4.72. The Morgan fingerprint density at radius 2 is 1.80 bits per heavy atom. The van der Waals surface area contributed by atoms with Gasteiger partial charge in [0.05, 0.1) is 12.2 Å². The SMILES string of the molecule is Cc1ccc(-n2nc(C(=O)NC(C)C)c(=O)n(Cc3ccccc3Cl)c2=O)cc1C. The second kappa shape index (κ2) is 8.67. The fraction of sp³-hybridized carbons (Fsp3) is 0.273. The summed E-state index contributed by atoms with van der Waals surface area (Å²) in [6.07, 6.45) is 0. The largest absolute Gasteiger partial charge is 0.352 e. The molecule has 2 aromatic carbocycles. The standard InChI is InChI=1S/C22H23ClN4O3/c1-13(2)24-20(28)19-21(29)26(12-16-7-5-6-8-18(16)23)22(30)27(25-19)17-10-9-14(3)15(4)11-17/h5-11,13H,12H2,1-4H3,(H,24,28). The van der Waals surface area contributed by atoms with Gasteiger partial charge in [-0.25, -0.2) is 4.79 Å². The molecule has 0 atom stereocenters. The minimum Gasteiger partial charge on any atom is -0.348 e. The zero-order valence-corrected chi connectivity index (χ0v) is 18.0. The molecule has 30 heavy (non-hydrogen) atoms. The fourth-order valence-electron chi connectivity index (χ4n) is 2.95. The topological polar surface area (TPSA) is 86.0 Å². The lowest BCUT2D eigenvalue weighted by Gasteiger charge is -2.14. The summed E-state index contributed by atoms with van der Waals surface area (Å²) in [6, 6.07) is 12.1. The molecule has 1 aromatic heterocycles. The number of amides is 1. The van der Waals surface area contributed by atoms with Crippen LogP contribution in [0.4, 0.5) is 0 Å². The molecular weight excluding hydrogens is 404 g/mol. The van der Waals surface area contributed by atoms with E-state index in [0.717, 1.165) is 20.4 Å². The van der Waals surface area contributed by atoms with E-state index in [1.54, 1.807) is 50.2 Å². The van der Waals surface area contributed by atoms with Crippen molar-refractivity contribution in [1.82, 2.24) is 19.7 Å². The number of halogens is 1. The molecule has 0 aliphatic heterocycles. The van der Waals surface area contributed by atoms with E-state index in [1.807, 2.05) is 19.9 Å². The van der Waals surface area contributed by atoms with Crippen molar-refractivity contribution in [2.45, 2.75) is 40.3 Å². The molecule has 7 nitrogen and oxygen atoms in total. The molecule has 0 unspecified atom stereocenters. The third kappa shape index (κ3) is 4.36. The minimum atomic E-state index is -0.766. The van der Waals surface area contributed by atoms with Gasteiger partial charge in [0.15, 0.2) is 0 Å². The number of benzene rings is 2. The van der Waals surface area contributed by atoms with Gasteiger partial charge < -0.3 is 5.32 Å². The number of nitrogens with one attached hydrogen (secondary N) is 1. The first-order valence-electron chi connectivity index (χ1n) is 9.55. The highest BCUT2D eigenvalue weighted by Crippen LogP contribution is 2.15. The normalized spacial score (nSPS) is 11.0. The maximum atomic E-state index is 13.2. The maximum absolute atomic E-state index is 13.2. The molecule has 0 spiro atoms. The van der Waals surface area contributed by atoms with Gasteiger partial charge >= 0.3 is 5.69 Å². The monoisotopic (exact) mass is 426 g/mol. The second-order valence-electron chi connectivity index (χ2n) is 7.42. The number of aryl methyl sites for hydroxylation is 2. The smallest absolute Gasteiger partial charge is 0.348 e. The molecular formula is C22H23ClN4O3. The molecule has 0 saturated heterocycles. The quantitative estimate of drug-likeness (QED) is 0.679. The van der Waals surface area contributed by atoms with Gasteiger partial charge in [-0.2, -0.15) is 9.78 Å². The molecule has 3 aromatic rings. The Hall–Kier alpha value is -3.19. The van der Waals surface area contributed by atoms with Gasteiger partial charge in [0.1, 0.15) is 0 Å². The van der Waals surface area contributed by atoms with Crippen LogP contribution in [0.15, 0.2) is 52.1 Å². The Labute approximate surface area is 178 Å². The molecule has 0 fully saturated rings. The lowest BCUT2D eigenvalue weighted by molar-refractivity contribution is 0.0933. The van der Waals surface area contributed by atoms with E-state index in [4.69, 9.17) is 11.6 Å². The molecule has 1 N–H and O–H groups in total. The maximum Gasteiger partial charge on any atom is 0.352 e. The van der Waals surface area contributed by atoms with Crippen molar-refractivity contribution in [3.63, 3.8) is 0 Å². The van der Waals surface area contributed by atoms with Crippen LogP contribution in [-0.2, 0) is 6.54 Å². The Morgan fingerprint density at radius 1 is 1.10 bits per heavy atom. The highest BCUT2D eigenvalue weighted by atomic mass is 35.5. The van der Waals surface area contributed by atoms with Crippen LogP contribution in [0.25, 0.3) is 5.69 Å². The van der Waals surface area contributed by atoms with Crippen LogP contribution >= 0.6 is 11.6 Å². The van der Waals surface area contributed by atoms with Gasteiger partial charge in [0.25, 0.3) is 11.5 Å². The van der Waals surface area contributed by atoms with Crippen molar-refractivity contribution >= 4 is 17.5 Å². The molecule has 8 heteroatoms. The fourth-order valence-corrected chi connectivity index (χ4v) is 3.15. The lowest BCUT2D eigenvalue weighted by Crippen LogP contribution is -2.46. The number of nitrogens with zero attached hydrogens (tertiary/aromatic N) is 3. The summed E-state index contributed by atoms with van der Waals surface area (Å²) in [5.74, 6) is -0.638. The van der Waals surface area contributed by atoms with Crippen molar-refractivity contribution < 1.29 is 4.79 Å². The van der Waals surface area contributed by atoms with Crippen LogP contribution in [0.1, 0.15) is 41.0 Å². The molecule has 0 aliphatic rings. The number of rotatable bonds is 5. The average molecular weight is 427 g/mol. The van der Waals surface area contributed by atoms with E-state index in [0.29, 0.717) is 16.3 Å². The van der Waals surface area contributed by atoms with Crippen LogP contribution in [0.5, 0.6) is 0 Å². The van der Waals surface area contributed by atoms with E-state index in [-0.39, 0.29) is 18.3 Å². The molecule has 1 heterocycles. The zero-order chi connectivity index (χ0) is 22.0. The van der Waals surface area contributed by atoms with Crippen LogP contribution < -0.4 is 16.6 Å². The molecule has 156 valence electrons. The average Bonchev–Trinajstić information content (AvgIpc) is 2.68. The highest BCUT2D eigenvalue weighted by Gasteiger charge is 2.21. The van der Waals surface area contributed by atoms with Crippen molar-refractivity contribution in [2.75, 3.05) is 0 Å². The number of aromatic nitrogens is 3. The number of hydrogen-bond acceptors (Lipinski definition) is 4. The van der Waals surface area contributed by atoms with Gasteiger partial charge in [-0.15, -0.1) is 0 Å². The van der Waals surface area contributed by atoms with E-state index in [9.17, 15) is 14.4 Å². The zero-order valence-electron chi connectivity index (χ0n) is 17.3. The Balaban J connectivity index is 2.25. The first kappa shape index (κ1) is 21.5. The number of hydrogen-bond donors (Lipinski definition) is 1. The minimum absolute atomic E-state index is 0.0767. The predicted molar refractivity (Wildman–Crippen MR) is 117 cm³/mol. The highest BCUT2D eigenvalue weighted by molar-refractivity contribution is 6.31. The third-order valence-corrected chi connectivity index (χ3v) is 5.08. The van der Waals surface area contributed by atoms with E-state index in [2.05, 4.69) is 10.4 Å². The van der Waals surface area contributed by atoms with Crippen molar-refractivity contribution in [3.05, 3.63) is 90.7 Å². The first-order valence-corrected chi connectivity index (χ1v) is 9.93. The van der Waals surface area contributed by atoms with Crippen molar-refractivity contribution in [2.24, 2.45) is 0 Å². The van der Waals surface area contributed by atoms with E-state index < -0.39 is 17.2 Å². The van der Waals surface area contributed by atoms with E-state index in [1.165, 1.54) is 0 Å². The van der Waals surface area contributed by atoms with Gasteiger partial charge in [-0.05, 0) is 62.6 Å². The molecule has 0 aliphatic carbocycles. The number of carbonyl (C=O) groups is 1. The summed E-state index contributed by atoms with van der Waals surface area (Å²) in [5.41, 5.74) is 1.30. The Bertz CT molecular complexity index is 1230. The lowest BCUT2D eigenvalue weighted by atomic mass is 10.1. The first-order chi connectivity index (χ1) is 14.2. The summed E-state index contributed by atoms with van der Waals surface area (Å²) < 4.78 is 2.07. The molecule has 0 radical (unpaired) electrons. The molecule has 0 saturated carbocycles. The second-order valence-corrected chi connectivity index (χ2v) is 7.83. The van der Waals surface area contributed by atoms with Gasteiger partial charge in [0, 0.05) is 11.1 Å². The predicted octanol–water partition coefficient (Wildman–Crippen LogP) is 2.85. The van der Waals surface area contributed by atoms with Crippen molar-refractivity contribution in [3.8, 4) is 5.69 Å². The van der Waals surface area contributed by atoms with Crippen LogP contribution in [0.2, 0.25) is 5.02 Å². The molecule has 0 bridgehead atoms. The Morgan fingerprint density at radius 3 is 2.43 bits per heavy atom. The van der Waals surface area contributed by atoms with Gasteiger partial charge in [-0.3, -0.25) is 14.2 Å². The van der Waals surface area contributed by atoms with Crippen molar-refractivity contribution in [1.29, 1.82) is 0 Å².